The van der Waals surface area contributed by atoms with E-state index >= 15 is 4.39 Å². The number of halogens is 1. The highest BCUT2D eigenvalue weighted by atomic mass is 32.2. The summed E-state index contributed by atoms with van der Waals surface area (Å²) in [5, 5.41) is 2.96. The summed E-state index contributed by atoms with van der Waals surface area (Å²) in [5.41, 5.74) is 6.29. The highest BCUT2D eigenvalue weighted by molar-refractivity contribution is 7.98. The van der Waals surface area contributed by atoms with Crippen LogP contribution in [-0.4, -0.2) is 18.2 Å². The molecule has 4 aromatic rings. The molecule has 3 nitrogen and oxygen atoms in total. The number of nitrogens with one attached hydrogen (secondary N) is 1. The average molecular weight is 568 g/mol. The number of hydrogen-bond acceptors (Lipinski definition) is 3. The van der Waals surface area contributed by atoms with Gasteiger partial charge >= 0.3 is 0 Å². The number of rotatable bonds is 9. The summed E-state index contributed by atoms with van der Waals surface area (Å²) in [6.07, 6.45) is 8.13. The Morgan fingerprint density at radius 3 is 2.34 bits per heavy atom. The summed E-state index contributed by atoms with van der Waals surface area (Å²) in [6.45, 7) is 4.09. The van der Waals surface area contributed by atoms with Crippen molar-refractivity contribution in [2.75, 3.05) is 6.26 Å². The van der Waals surface area contributed by atoms with Crippen molar-refractivity contribution in [3.05, 3.63) is 107 Å². The summed E-state index contributed by atoms with van der Waals surface area (Å²) in [5.74, 6) is 0.530. The van der Waals surface area contributed by atoms with Crippen LogP contribution in [0.15, 0.2) is 89.8 Å². The van der Waals surface area contributed by atoms with Gasteiger partial charge in [0.1, 0.15) is 18.2 Å². The SMILES string of the molecule is CSc1ccc(-c2ccc(C(=O)NC(C)C)cc2COc2ccc(-c3ccccc3C3CCCCC3)c(F)c2)cc1. The molecule has 0 bridgehead atoms. The Bertz CT molecular complexity index is 1490. The monoisotopic (exact) mass is 567 g/mol. The van der Waals surface area contributed by atoms with Gasteiger partial charge in [-0.15, -0.1) is 11.8 Å². The fraction of sp³-hybridized carbons (Fsp3) is 0.306. The first-order valence-corrected chi connectivity index (χ1v) is 15.7. The largest absolute Gasteiger partial charge is 0.489 e. The van der Waals surface area contributed by atoms with Crippen molar-refractivity contribution in [1.82, 2.24) is 5.32 Å². The van der Waals surface area contributed by atoms with Crippen LogP contribution in [0.5, 0.6) is 5.75 Å². The molecule has 4 aromatic carbocycles. The van der Waals surface area contributed by atoms with Gasteiger partial charge in [-0.05, 0) is 103 Å². The third kappa shape index (κ3) is 7.02. The van der Waals surface area contributed by atoms with Gasteiger partial charge in [-0.3, -0.25) is 4.79 Å². The lowest BCUT2D eigenvalue weighted by atomic mass is 9.81. The van der Waals surface area contributed by atoms with Gasteiger partial charge in [-0.1, -0.05) is 61.7 Å². The maximum atomic E-state index is 15.6. The van der Waals surface area contributed by atoms with Gasteiger partial charge in [-0.2, -0.15) is 0 Å². The van der Waals surface area contributed by atoms with E-state index in [-0.39, 0.29) is 24.4 Å². The van der Waals surface area contributed by atoms with Crippen molar-refractivity contribution in [2.24, 2.45) is 0 Å². The zero-order chi connectivity index (χ0) is 28.8. The quantitative estimate of drug-likeness (QED) is 0.205. The predicted octanol–water partition coefficient (Wildman–Crippen LogP) is 9.65. The molecule has 0 spiro atoms. The molecule has 0 unspecified atom stereocenters. The topological polar surface area (TPSA) is 38.3 Å². The average Bonchev–Trinajstić information content (AvgIpc) is 3.00. The van der Waals surface area contributed by atoms with Gasteiger partial charge in [-0.25, -0.2) is 4.39 Å². The molecule has 0 aliphatic heterocycles. The van der Waals surface area contributed by atoms with Crippen LogP contribution in [0.3, 0.4) is 0 Å². The molecule has 1 aliphatic rings. The number of hydrogen-bond donors (Lipinski definition) is 1. The predicted molar refractivity (Wildman–Crippen MR) is 168 cm³/mol. The van der Waals surface area contributed by atoms with Gasteiger partial charge in [0.25, 0.3) is 5.91 Å². The Morgan fingerprint density at radius 1 is 0.902 bits per heavy atom. The van der Waals surface area contributed by atoms with Gasteiger partial charge < -0.3 is 10.1 Å². The van der Waals surface area contributed by atoms with Crippen LogP contribution >= 0.6 is 11.8 Å². The van der Waals surface area contributed by atoms with E-state index in [4.69, 9.17) is 4.74 Å². The number of carbonyl (C=O) groups excluding carboxylic acids is 1. The van der Waals surface area contributed by atoms with Crippen molar-refractivity contribution in [3.8, 4) is 28.0 Å². The molecule has 5 heteroatoms. The molecule has 0 saturated heterocycles. The number of carbonyl (C=O) groups is 1. The Balaban J connectivity index is 1.41. The number of benzene rings is 4. The molecule has 0 radical (unpaired) electrons. The van der Waals surface area contributed by atoms with Crippen LogP contribution in [-0.2, 0) is 6.61 Å². The van der Waals surface area contributed by atoms with Crippen LogP contribution in [0.1, 0.15) is 73.4 Å². The van der Waals surface area contributed by atoms with Crippen molar-refractivity contribution >= 4 is 17.7 Å². The minimum absolute atomic E-state index is 0.0331. The van der Waals surface area contributed by atoms with E-state index < -0.39 is 0 Å². The van der Waals surface area contributed by atoms with Gasteiger partial charge in [0.2, 0.25) is 0 Å². The van der Waals surface area contributed by atoms with Crippen molar-refractivity contribution < 1.29 is 13.9 Å². The third-order valence-corrected chi connectivity index (χ3v) is 8.56. The van der Waals surface area contributed by atoms with Crippen LogP contribution in [0, 0.1) is 5.82 Å². The first-order chi connectivity index (χ1) is 19.9. The molecular weight excluding hydrogens is 529 g/mol. The van der Waals surface area contributed by atoms with Gasteiger partial charge in [0, 0.05) is 28.1 Å². The summed E-state index contributed by atoms with van der Waals surface area (Å²) in [6, 6.07) is 27.5. The maximum absolute atomic E-state index is 15.6. The van der Waals surface area contributed by atoms with Crippen LogP contribution < -0.4 is 10.1 Å². The molecule has 0 atom stereocenters. The number of amides is 1. The second-order valence-corrected chi connectivity index (χ2v) is 12.0. The number of ether oxygens (including phenoxy) is 1. The Hall–Kier alpha value is -3.57. The van der Waals surface area contributed by atoms with Crippen molar-refractivity contribution in [3.63, 3.8) is 0 Å². The van der Waals surface area contributed by atoms with E-state index in [1.54, 1.807) is 11.8 Å². The Morgan fingerprint density at radius 2 is 1.63 bits per heavy atom. The van der Waals surface area contributed by atoms with Crippen LogP contribution in [0.25, 0.3) is 22.3 Å². The molecule has 5 rings (SSSR count). The van der Waals surface area contributed by atoms with E-state index in [1.807, 2.05) is 56.3 Å². The lowest BCUT2D eigenvalue weighted by molar-refractivity contribution is 0.0943. The zero-order valence-electron chi connectivity index (χ0n) is 24.1. The minimum atomic E-state index is -0.288. The highest BCUT2D eigenvalue weighted by Crippen LogP contribution is 2.39. The lowest BCUT2D eigenvalue weighted by Crippen LogP contribution is -2.30. The summed E-state index contributed by atoms with van der Waals surface area (Å²) in [7, 11) is 0. The van der Waals surface area contributed by atoms with E-state index in [2.05, 4.69) is 48.0 Å². The first kappa shape index (κ1) is 28.9. The molecule has 1 saturated carbocycles. The van der Waals surface area contributed by atoms with Gasteiger partial charge in [0.05, 0.1) is 0 Å². The molecule has 212 valence electrons. The maximum Gasteiger partial charge on any atom is 0.251 e. The molecular formula is C36H38FNO2S. The molecule has 1 amide bonds. The summed E-state index contributed by atoms with van der Waals surface area (Å²) < 4.78 is 21.7. The van der Waals surface area contributed by atoms with E-state index in [9.17, 15) is 4.79 Å². The fourth-order valence-corrected chi connectivity index (χ4v) is 6.14. The van der Waals surface area contributed by atoms with Crippen LogP contribution in [0.2, 0.25) is 0 Å². The van der Waals surface area contributed by atoms with Crippen LogP contribution in [0.4, 0.5) is 4.39 Å². The zero-order valence-corrected chi connectivity index (χ0v) is 24.9. The van der Waals surface area contributed by atoms with E-state index in [0.29, 0.717) is 22.8 Å². The van der Waals surface area contributed by atoms with Crippen molar-refractivity contribution in [2.45, 2.75) is 69.4 Å². The Kier molecular flexibility index (Phi) is 9.45. The molecule has 41 heavy (non-hydrogen) atoms. The molecule has 1 aliphatic carbocycles. The molecule has 0 heterocycles. The van der Waals surface area contributed by atoms with E-state index in [0.717, 1.165) is 35.1 Å². The second-order valence-electron chi connectivity index (χ2n) is 11.1. The smallest absolute Gasteiger partial charge is 0.251 e. The van der Waals surface area contributed by atoms with Gasteiger partial charge in [0.15, 0.2) is 0 Å². The molecule has 1 N–H and O–H groups in total. The Labute approximate surface area is 247 Å². The number of thioether (sulfide) groups is 1. The minimum Gasteiger partial charge on any atom is -0.489 e. The highest BCUT2D eigenvalue weighted by Gasteiger charge is 2.20. The molecule has 1 fully saturated rings. The molecule has 0 aromatic heterocycles. The van der Waals surface area contributed by atoms with E-state index in [1.165, 1.54) is 35.8 Å². The summed E-state index contributed by atoms with van der Waals surface area (Å²) >= 11 is 1.69. The fourth-order valence-electron chi connectivity index (χ4n) is 5.73. The standard InChI is InChI=1S/C36H38FNO2S/c1-24(2)38-36(39)27-15-19-31(26-13-17-30(41-3)18-14-26)28(21-27)23-40-29-16-20-34(35(37)22-29)33-12-8-7-11-32(33)25-9-5-4-6-10-25/h7-8,11-22,24-25H,4-6,9-10,23H2,1-3H3,(H,38,39). The third-order valence-electron chi connectivity index (χ3n) is 7.82. The normalized spacial score (nSPS) is 13.8. The first-order valence-electron chi connectivity index (χ1n) is 14.5. The lowest BCUT2D eigenvalue weighted by Gasteiger charge is -2.24. The second kappa shape index (κ2) is 13.4. The van der Waals surface area contributed by atoms with Crippen molar-refractivity contribution in [1.29, 1.82) is 0 Å². The summed E-state index contributed by atoms with van der Waals surface area (Å²) in [4.78, 5) is 13.9.